The fourth-order valence-electron chi connectivity index (χ4n) is 3.16. The first-order valence-electron chi connectivity index (χ1n) is 8.12. The summed E-state index contributed by atoms with van der Waals surface area (Å²) in [5.74, 6) is 1.63. The fourth-order valence-corrected chi connectivity index (χ4v) is 3.16. The van der Waals surface area contributed by atoms with Gasteiger partial charge in [-0.15, -0.1) is 0 Å². The van der Waals surface area contributed by atoms with Crippen molar-refractivity contribution in [2.75, 3.05) is 11.9 Å². The van der Waals surface area contributed by atoms with E-state index in [0.29, 0.717) is 0 Å². The van der Waals surface area contributed by atoms with Gasteiger partial charge < -0.3 is 14.4 Å². The van der Waals surface area contributed by atoms with Crippen LogP contribution in [0.15, 0.2) is 41.2 Å². The molecule has 4 heterocycles. The van der Waals surface area contributed by atoms with Crippen molar-refractivity contribution in [3.8, 4) is 11.3 Å². The first-order chi connectivity index (χ1) is 12.0. The van der Waals surface area contributed by atoms with Crippen molar-refractivity contribution < 1.29 is 4.52 Å². The van der Waals surface area contributed by atoms with E-state index in [2.05, 4.69) is 27.3 Å². The van der Waals surface area contributed by atoms with E-state index in [1.165, 1.54) is 0 Å². The Morgan fingerprint density at radius 1 is 1.16 bits per heavy atom. The van der Waals surface area contributed by atoms with Gasteiger partial charge in [-0.2, -0.15) is 0 Å². The normalized spacial score (nSPS) is 11.2. The summed E-state index contributed by atoms with van der Waals surface area (Å²) in [5, 5.41) is 5.13. The SMILES string of the molecule is Cc1cc2c(N(C)c3cccnc3)nc(-c3c(C)noc3C)cc2[nH]1. The van der Waals surface area contributed by atoms with Gasteiger partial charge in [0.25, 0.3) is 0 Å². The maximum Gasteiger partial charge on any atom is 0.143 e. The molecule has 4 rings (SSSR count). The van der Waals surface area contributed by atoms with Gasteiger partial charge in [-0.05, 0) is 45.0 Å². The molecule has 0 aliphatic heterocycles. The number of nitrogens with zero attached hydrogens (tertiary/aromatic N) is 4. The fraction of sp³-hybridized carbons (Fsp3) is 0.211. The molecule has 6 heteroatoms. The Kier molecular flexibility index (Phi) is 3.53. The summed E-state index contributed by atoms with van der Waals surface area (Å²) in [6.45, 7) is 5.89. The van der Waals surface area contributed by atoms with Crippen LogP contribution in [0.25, 0.3) is 22.2 Å². The Labute approximate surface area is 145 Å². The van der Waals surface area contributed by atoms with Gasteiger partial charge in [0.2, 0.25) is 0 Å². The minimum atomic E-state index is 0.766. The summed E-state index contributed by atoms with van der Waals surface area (Å²) in [6, 6.07) is 8.10. The van der Waals surface area contributed by atoms with E-state index in [4.69, 9.17) is 9.51 Å². The third-order valence-electron chi connectivity index (χ3n) is 4.37. The highest BCUT2D eigenvalue weighted by Crippen LogP contribution is 2.34. The molecular formula is C19H19N5O. The largest absolute Gasteiger partial charge is 0.361 e. The lowest BCUT2D eigenvalue weighted by atomic mass is 10.1. The summed E-state index contributed by atoms with van der Waals surface area (Å²) in [6.07, 6.45) is 3.59. The molecule has 1 N–H and O–H groups in total. The van der Waals surface area contributed by atoms with Crippen LogP contribution in [0.3, 0.4) is 0 Å². The molecule has 0 spiro atoms. The van der Waals surface area contributed by atoms with Crippen LogP contribution in [0.2, 0.25) is 0 Å². The molecule has 0 radical (unpaired) electrons. The van der Waals surface area contributed by atoms with E-state index >= 15 is 0 Å². The van der Waals surface area contributed by atoms with Gasteiger partial charge in [0, 0.05) is 24.3 Å². The summed E-state index contributed by atoms with van der Waals surface area (Å²) >= 11 is 0. The molecule has 0 aliphatic carbocycles. The molecule has 4 aromatic rings. The number of aromatic nitrogens is 4. The van der Waals surface area contributed by atoms with Crippen molar-refractivity contribution in [1.29, 1.82) is 0 Å². The minimum absolute atomic E-state index is 0.766. The number of H-pyrrole nitrogens is 1. The smallest absolute Gasteiger partial charge is 0.143 e. The number of pyridine rings is 2. The van der Waals surface area contributed by atoms with Crippen LogP contribution in [0, 0.1) is 20.8 Å². The number of nitrogens with one attached hydrogen (secondary N) is 1. The lowest BCUT2D eigenvalue weighted by Crippen LogP contribution is -2.12. The van der Waals surface area contributed by atoms with E-state index in [1.807, 2.05) is 51.0 Å². The van der Waals surface area contributed by atoms with Gasteiger partial charge in [0.1, 0.15) is 11.6 Å². The van der Waals surface area contributed by atoms with E-state index in [1.54, 1.807) is 6.20 Å². The Morgan fingerprint density at radius 2 is 2.00 bits per heavy atom. The molecule has 0 saturated heterocycles. The van der Waals surface area contributed by atoms with Crippen molar-refractivity contribution in [2.24, 2.45) is 0 Å². The van der Waals surface area contributed by atoms with Crippen LogP contribution >= 0.6 is 0 Å². The zero-order valence-corrected chi connectivity index (χ0v) is 14.7. The van der Waals surface area contributed by atoms with Gasteiger partial charge in [-0.1, -0.05) is 5.16 Å². The number of rotatable bonds is 3. The predicted octanol–water partition coefficient (Wildman–Crippen LogP) is 4.31. The van der Waals surface area contributed by atoms with Crippen molar-refractivity contribution in [2.45, 2.75) is 20.8 Å². The average Bonchev–Trinajstić information content (AvgIpc) is 3.15. The zero-order chi connectivity index (χ0) is 17.6. The van der Waals surface area contributed by atoms with Gasteiger partial charge >= 0.3 is 0 Å². The quantitative estimate of drug-likeness (QED) is 0.605. The molecule has 0 amide bonds. The number of aryl methyl sites for hydroxylation is 3. The highest BCUT2D eigenvalue weighted by atomic mass is 16.5. The van der Waals surface area contributed by atoms with Gasteiger partial charge in [0.05, 0.1) is 34.4 Å². The van der Waals surface area contributed by atoms with Crippen LogP contribution in [0.5, 0.6) is 0 Å². The van der Waals surface area contributed by atoms with Crippen LogP contribution in [-0.4, -0.2) is 27.2 Å². The Bertz CT molecular complexity index is 1030. The van der Waals surface area contributed by atoms with Crippen LogP contribution < -0.4 is 4.90 Å². The summed E-state index contributed by atoms with van der Waals surface area (Å²) in [5.41, 5.74) is 5.72. The molecule has 0 unspecified atom stereocenters. The second-order valence-corrected chi connectivity index (χ2v) is 6.21. The van der Waals surface area contributed by atoms with Crippen molar-refractivity contribution in [3.63, 3.8) is 0 Å². The molecule has 0 atom stereocenters. The highest BCUT2D eigenvalue weighted by molar-refractivity contribution is 5.95. The number of fused-ring (bicyclic) bond motifs is 1. The lowest BCUT2D eigenvalue weighted by Gasteiger charge is -2.19. The molecule has 0 aliphatic rings. The second kappa shape index (κ2) is 5.73. The highest BCUT2D eigenvalue weighted by Gasteiger charge is 2.18. The molecule has 0 bridgehead atoms. The Balaban J connectivity index is 1.96. The molecule has 25 heavy (non-hydrogen) atoms. The van der Waals surface area contributed by atoms with Crippen molar-refractivity contribution in [3.05, 3.63) is 53.8 Å². The maximum atomic E-state index is 5.33. The standard InChI is InChI=1S/C19H19N5O/c1-11-8-15-16(21-11)9-17(18-12(2)23-25-13(18)3)22-19(15)24(4)14-6-5-7-20-10-14/h5-10,21H,1-4H3. The molecule has 126 valence electrons. The van der Waals surface area contributed by atoms with Gasteiger partial charge in [0.15, 0.2) is 0 Å². The first kappa shape index (κ1) is 15.4. The topological polar surface area (TPSA) is 70.8 Å². The van der Waals surface area contributed by atoms with Crippen molar-refractivity contribution in [1.82, 2.24) is 20.1 Å². The lowest BCUT2D eigenvalue weighted by molar-refractivity contribution is 0.393. The van der Waals surface area contributed by atoms with E-state index < -0.39 is 0 Å². The third kappa shape index (κ3) is 2.55. The zero-order valence-electron chi connectivity index (χ0n) is 14.7. The van der Waals surface area contributed by atoms with E-state index in [-0.39, 0.29) is 0 Å². The van der Waals surface area contributed by atoms with Gasteiger partial charge in [-0.3, -0.25) is 4.98 Å². The first-order valence-corrected chi connectivity index (χ1v) is 8.12. The summed E-state index contributed by atoms with van der Waals surface area (Å²) in [7, 11) is 2.00. The van der Waals surface area contributed by atoms with E-state index in [9.17, 15) is 0 Å². The van der Waals surface area contributed by atoms with E-state index in [0.717, 1.165) is 50.8 Å². The van der Waals surface area contributed by atoms with Crippen LogP contribution in [0.1, 0.15) is 17.1 Å². The molecule has 6 nitrogen and oxygen atoms in total. The number of anilines is 2. The molecular weight excluding hydrogens is 314 g/mol. The third-order valence-corrected chi connectivity index (χ3v) is 4.37. The Hall–Kier alpha value is -3.15. The van der Waals surface area contributed by atoms with Crippen molar-refractivity contribution >= 4 is 22.4 Å². The monoisotopic (exact) mass is 333 g/mol. The van der Waals surface area contributed by atoms with Gasteiger partial charge in [-0.25, -0.2) is 4.98 Å². The van der Waals surface area contributed by atoms with Crippen LogP contribution in [-0.2, 0) is 0 Å². The Morgan fingerprint density at radius 3 is 2.68 bits per heavy atom. The maximum absolute atomic E-state index is 5.33. The average molecular weight is 333 g/mol. The molecule has 0 fully saturated rings. The number of aromatic amines is 1. The molecule has 0 aromatic carbocycles. The molecule has 0 saturated carbocycles. The van der Waals surface area contributed by atoms with Crippen LogP contribution in [0.4, 0.5) is 11.5 Å². The second-order valence-electron chi connectivity index (χ2n) is 6.21. The number of hydrogen-bond donors (Lipinski definition) is 1. The molecule has 4 aromatic heterocycles. The minimum Gasteiger partial charge on any atom is -0.361 e. The number of hydrogen-bond acceptors (Lipinski definition) is 5. The predicted molar refractivity (Wildman–Crippen MR) is 98.1 cm³/mol. The summed E-state index contributed by atoms with van der Waals surface area (Å²) < 4.78 is 5.33. The summed E-state index contributed by atoms with van der Waals surface area (Å²) in [4.78, 5) is 14.6.